The summed E-state index contributed by atoms with van der Waals surface area (Å²) >= 11 is 0. The molecule has 0 radical (unpaired) electrons. The summed E-state index contributed by atoms with van der Waals surface area (Å²) in [5.41, 5.74) is 5.21. The van der Waals surface area contributed by atoms with Crippen molar-refractivity contribution >= 4 is 39.2 Å². The van der Waals surface area contributed by atoms with E-state index in [1.54, 1.807) is 0 Å². The summed E-state index contributed by atoms with van der Waals surface area (Å²) in [5.74, 6) is 0.928. The predicted octanol–water partition coefficient (Wildman–Crippen LogP) is 6.46. The Hall–Kier alpha value is -4.32. The van der Waals surface area contributed by atoms with Gasteiger partial charge >= 0.3 is 0 Å². The molecule has 3 aromatic carbocycles. The summed E-state index contributed by atoms with van der Waals surface area (Å²) in [7, 11) is 4.14. The average Bonchev–Trinajstić information content (AvgIpc) is 3.32. The fraction of sp³-hybridized carbons (Fsp3) is 0.273. The van der Waals surface area contributed by atoms with Gasteiger partial charge in [-0.3, -0.25) is 4.79 Å². The first-order chi connectivity index (χ1) is 19.0. The van der Waals surface area contributed by atoms with Crippen LogP contribution in [-0.4, -0.2) is 41.6 Å². The van der Waals surface area contributed by atoms with Gasteiger partial charge in [0, 0.05) is 67.0 Å². The fourth-order valence-electron chi connectivity index (χ4n) is 5.79. The molecule has 0 saturated heterocycles. The minimum absolute atomic E-state index is 0.0150. The Morgan fingerprint density at radius 3 is 2.31 bits per heavy atom. The van der Waals surface area contributed by atoms with Gasteiger partial charge in [0.15, 0.2) is 0 Å². The van der Waals surface area contributed by atoms with Gasteiger partial charge in [0.05, 0.1) is 11.1 Å². The van der Waals surface area contributed by atoms with Crippen molar-refractivity contribution in [2.24, 2.45) is 0 Å². The van der Waals surface area contributed by atoms with Crippen LogP contribution >= 0.6 is 0 Å². The number of nitrogens with one attached hydrogen (secondary N) is 2. The van der Waals surface area contributed by atoms with Gasteiger partial charge in [-0.1, -0.05) is 66.7 Å². The molecule has 6 nitrogen and oxygen atoms in total. The Kier molecular flexibility index (Phi) is 6.93. The number of fused-ring (bicyclic) bond motifs is 2. The molecule has 1 amide bonds. The topological polar surface area (TPSA) is 62.2 Å². The number of nitrogens with zero attached hydrogens (tertiary/aromatic N) is 3. The summed E-state index contributed by atoms with van der Waals surface area (Å²) in [6, 6.07) is 29.5. The van der Waals surface area contributed by atoms with Crippen molar-refractivity contribution in [3.63, 3.8) is 0 Å². The van der Waals surface area contributed by atoms with E-state index in [4.69, 9.17) is 4.98 Å². The first-order valence-electron chi connectivity index (χ1n) is 13.8. The second-order valence-electron chi connectivity index (χ2n) is 10.8. The first kappa shape index (κ1) is 25.0. The lowest BCUT2D eigenvalue weighted by atomic mass is 9.91. The normalized spacial score (nSPS) is 17.3. The molecular formula is C33H35N5O. The van der Waals surface area contributed by atoms with Gasteiger partial charge < -0.3 is 20.1 Å². The molecule has 2 N–H and O–H groups in total. The molecule has 0 atom stereocenters. The van der Waals surface area contributed by atoms with Gasteiger partial charge in [0.25, 0.3) is 5.91 Å². The van der Waals surface area contributed by atoms with Crippen LogP contribution in [0, 0.1) is 0 Å². The van der Waals surface area contributed by atoms with Crippen molar-refractivity contribution < 1.29 is 4.79 Å². The number of hydrogen-bond acceptors (Lipinski definition) is 4. The first-order valence-corrected chi connectivity index (χ1v) is 13.8. The molecule has 0 unspecified atom stereocenters. The standard InChI is InChI=1S/C33H35N5O/c1-37(2)31-20-32(36-29-14-8-6-13-27(29)31)34-24-16-18-25(19-17-24)35-33(39)28-22-38(21-23-10-4-3-5-11-23)30-15-9-7-12-26(28)30/h3-15,20,22,24-25H,16-19,21H2,1-2H3,(H,34,36)(H,35,39)/t24-,25+. The molecule has 2 heterocycles. The van der Waals surface area contributed by atoms with Gasteiger partial charge in [0.1, 0.15) is 5.82 Å². The molecule has 0 spiro atoms. The Morgan fingerprint density at radius 2 is 1.54 bits per heavy atom. The number of amides is 1. The minimum Gasteiger partial charge on any atom is -0.377 e. The second kappa shape index (κ2) is 10.8. The minimum atomic E-state index is 0.0150. The van der Waals surface area contributed by atoms with E-state index < -0.39 is 0 Å². The quantitative estimate of drug-likeness (QED) is 0.260. The SMILES string of the molecule is CN(C)c1cc(N[C@H]2CC[C@@H](NC(=O)c3cn(Cc4ccccc4)c4ccccc34)CC2)nc2ccccc12. The summed E-state index contributed by atoms with van der Waals surface area (Å²) in [5, 5.41) is 9.16. The number of anilines is 2. The maximum atomic E-state index is 13.4. The van der Waals surface area contributed by atoms with Crippen LogP contribution in [0.3, 0.4) is 0 Å². The Labute approximate surface area is 229 Å². The van der Waals surface area contributed by atoms with Crippen LogP contribution in [0.1, 0.15) is 41.6 Å². The molecule has 1 aliphatic rings. The third kappa shape index (κ3) is 5.32. The third-order valence-corrected chi connectivity index (χ3v) is 7.82. The van der Waals surface area contributed by atoms with E-state index in [2.05, 4.69) is 88.8 Å². The maximum Gasteiger partial charge on any atom is 0.253 e. The van der Waals surface area contributed by atoms with Crippen molar-refractivity contribution in [1.29, 1.82) is 0 Å². The molecule has 1 saturated carbocycles. The molecular weight excluding hydrogens is 482 g/mol. The van der Waals surface area contributed by atoms with Gasteiger partial charge in [-0.15, -0.1) is 0 Å². The maximum absolute atomic E-state index is 13.4. The lowest BCUT2D eigenvalue weighted by Crippen LogP contribution is -2.40. The number of pyridine rings is 1. The number of carbonyl (C=O) groups excluding carboxylic acids is 1. The van der Waals surface area contributed by atoms with Crippen molar-refractivity contribution in [3.8, 4) is 0 Å². The molecule has 0 aliphatic heterocycles. The Bertz CT molecular complexity index is 1600. The lowest BCUT2D eigenvalue weighted by Gasteiger charge is -2.30. The summed E-state index contributed by atoms with van der Waals surface area (Å²) in [6.45, 7) is 0.740. The third-order valence-electron chi connectivity index (χ3n) is 7.82. The largest absolute Gasteiger partial charge is 0.377 e. The van der Waals surface area contributed by atoms with Crippen LogP contribution in [-0.2, 0) is 6.54 Å². The number of hydrogen-bond donors (Lipinski definition) is 2. The van der Waals surface area contributed by atoms with Crippen LogP contribution in [0.25, 0.3) is 21.8 Å². The highest BCUT2D eigenvalue weighted by atomic mass is 16.1. The monoisotopic (exact) mass is 517 g/mol. The van der Waals surface area contributed by atoms with E-state index in [-0.39, 0.29) is 11.9 Å². The lowest BCUT2D eigenvalue weighted by molar-refractivity contribution is 0.0928. The molecule has 1 fully saturated rings. The van der Waals surface area contributed by atoms with E-state index in [1.165, 1.54) is 5.56 Å². The smallest absolute Gasteiger partial charge is 0.253 e. The number of aromatic nitrogens is 2. The number of carbonyl (C=O) groups is 1. The van der Waals surface area contributed by atoms with Crippen LogP contribution in [0.2, 0.25) is 0 Å². The van der Waals surface area contributed by atoms with E-state index in [0.717, 1.165) is 71.1 Å². The Morgan fingerprint density at radius 1 is 0.872 bits per heavy atom. The summed E-state index contributed by atoms with van der Waals surface area (Å²) < 4.78 is 2.18. The average molecular weight is 518 g/mol. The summed E-state index contributed by atoms with van der Waals surface area (Å²) in [4.78, 5) is 20.4. The van der Waals surface area contributed by atoms with Gasteiger partial charge in [0.2, 0.25) is 0 Å². The van der Waals surface area contributed by atoms with Gasteiger partial charge in [-0.2, -0.15) is 0 Å². The zero-order chi connectivity index (χ0) is 26.8. The van der Waals surface area contributed by atoms with E-state index in [0.29, 0.717) is 6.04 Å². The Balaban J connectivity index is 1.11. The zero-order valence-corrected chi connectivity index (χ0v) is 22.6. The van der Waals surface area contributed by atoms with Crippen molar-refractivity contribution in [1.82, 2.24) is 14.9 Å². The molecule has 198 valence electrons. The fourth-order valence-corrected chi connectivity index (χ4v) is 5.79. The highest BCUT2D eigenvalue weighted by Gasteiger charge is 2.25. The van der Waals surface area contributed by atoms with E-state index in [9.17, 15) is 4.79 Å². The molecule has 2 aromatic heterocycles. The van der Waals surface area contributed by atoms with Crippen LogP contribution in [0.15, 0.2) is 91.1 Å². The zero-order valence-electron chi connectivity index (χ0n) is 22.6. The molecule has 39 heavy (non-hydrogen) atoms. The molecule has 5 aromatic rings. The number of benzene rings is 3. The van der Waals surface area contributed by atoms with E-state index in [1.807, 2.05) is 36.5 Å². The van der Waals surface area contributed by atoms with Gasteiger partial charge in [-0.25, -0.2) is 4.98 Å². The number of para-hydroxylation sites is 2. The van der Waals surface area contributed by atoms with Crippen molar-refractivity contribution in [2.75, 3.05) is 24.3 Å². The second-order valence-corrected chi connectivity index (χ2v) is 10.8. The van der Waals surface area contributed by atoms with Crippen LogP contribution in [0.5, 0.6) is 0 Å². The highest BCUT2D eigenvalue weighted by molar-refractivity contribution is 6.07. The highest BCUT2D eigenvalue weighted by Crippen LogP contribution is 2.30. The summed E-state index contributed by atoms with van der Waals surface area (Å²) in [6.07, 6.45) is 5.88. The molecule has 1 aliphatic carbocycles. The van der Waals surface area contributed by atoms with Crippen LogP contribution in [0.4, 0.5) is 11.5 Å². The number of rotatable bonds is 7. The van der Waals surface area contributed by atoms with Gasteiger partial charge in [-0.05, 0) is 43.4 Å². The van der Waals surface area contributed by atoms with Crippen LogP contribution < -0.4 is 15.5 Å². The predicted molar refractivity (Wildman–Crippen MR) is 161 cm³/mol. The molecule has 0 bridgehead atoms. The molecule has 6 rings (SSSR count). The van der Waals surface area contributed by atoms with Crippen molar-refractivity contribution in [3.05, 3.63) is 102 Å². The van der Waals surface area contributed by atoms with Crippen molar-refractivity contribution in [2.45, 2.75) is 44.3 Å². The molecule has 6 heteroatoms. The van der Waals surface area contributed by atoms with E-state index >= 15 is 0 Å².